The van der Waals surface area contributed by atoms with Crippen LogP contribution in [0.25, 0.3) is 0 Å². The van der Waals surface area contributed by atoms with Gasteiger partial charge in [-0.1, -0.05) is 18.2 Å². The van der Waals surface area contributed by atoms with Gasteiger partial charge in [0.05, 0.1) is 6.61 Å². The van der Waals surface area contributed by atoms with Crippen molar-refractivity contribution in [2.24, 2.45) is 5.73 Å². The summed E-state index contributed by atoms with van der Waals surface area (Å²) < 4.78 is 5.89. The molecule has 0 spiro atoms. The van der Waals surface area contributed by atoms with Gasteiger partial charge in [0, 0.05) is 31.2 Å². The van der Waals surface area contributed by atoms with Crippen LogP contribution in [0.3, 0.4) is 0 Å². The number of ether oxygens (including phenoxy) is 1. The highest BCUT2D eigenvalue weighted by Gasteiger charge is 2.18. The van der Waals surface area contributed by atoms with Gasteiger partial charge >= 0.3 is 0 Å². The molecule has 0 radical (unpaired) electrons. The number of nitrogens with two attached hydrogens (primary N) is 1. The Labute approximate surface area is 128 Å². The number of likely N-dealkylation sites (N-methyl/N-ethyl adjacent to an activating group) is 1. The second-order valence-corrected chi connectivity index (χ2v) is 6.01. The summed E-state index contributed by atoms with van der Waals surface area (Å²) in [5, 5.41) is 0. The number of rotatable bonds is 6. The zero-order valence-corrected chi connectivity index (χ0v) is 13.4. The molecule has 2 rings (SSSR count). The Morgan fingerprint density at radius 3 is 2.90 bits per heavy atom. The van der Waals surface area contributed by atoms with E-state index in [9.17, 15) is 0 Å². The molecule has 1 aliphatic heterocycles. The van der Waals surface area contributed by atoms with Gasteiger partial charge in [0.25, 0.3) is 0 Å². The smallest absolute Gasteiger partial charge is 0.123 e. The van der Waals surface area contributed by atoms with E-state index >= 15 is 0 Å². The van der Waals surface area contributed by atoms with Gasteiger partial charge < -0.3 is 15.4 Å². The lowest BCUT2D eigenvalue weighted by atomic mass is 10.2. The first kappa shape index (κ1) is 16.3. The lowest BCUT2D eigenvalue weighted by molar-refractivity contribution is 0.184. The van der Waals surface area contributed by atoms with Crippen LogP contribution in [-0.4, -0.2) is 55.7 Å². The van der Waals surface area contributed by atoms with Crippen molar-refractivity contribution < 1.29 is 4.74 Å². The summed E-state index contributed by atoms with van der Waals surface area (Å²) in [6.07, 6.45) is 2.32. The predicted octanol–water partition coefficient (Wildman–Crippen LogP) is 1.94. The fourth-order valence-electron chi connectivity index (χ4n) is 3.02. The minimum Gasteiger partial charge on any atom is -0.493 e. The van der Waals surface area contributed by atoms with Crippen LogP contribution in [0.2, 0.25) is 0 Å². The van der Waals surface area contributed by atoms with Crippen LogP contribution in [0.1, 0.15) is 25.3 Å². The number of nitrogens with zero attached hydrogens (tertiary/aromatic N) is 2. The number of benzene rings is 1. The largest absolute Gasteiger partial charge is 0.493 e. The maximum Gasteiger partial charge on any atom is 0.123 e. The third kappa shape index (κ3) is 4.99. The van der Waals surface area contributed by atoms with Crippen molar-refractivity contribution in [3.63, 3.8) is 0 Å². The Morgan fingerprint density at radius 2 is 2.10 bits per heavy atom. The van der Waals surface area contributed by atoms with E-state index in [2.05, 4.69) is 23.8 Å². The van der Waals surface area contributed by atoms with Crippen molar-refractivity contribution in [1.29, 1.82) is 0 Å². The topological polar surface area (TPSA) is 41.7 Å². The number of hydrogen-bond acceptors (Lipinski definition) is 4. The van der Waals surface area contributed by atoms with Crippen LogP contribution in [-0.2, 0) is 6.54 Å². The van der Waals surface area contributed by atoms with Crippen LogP contribution in [0.15, 0.2) is 24.3 Å². The zero-order chi connectivity index (χ0) is 15.1. The van der Waals surface area contributed by atoms with E-state index in [1.54, 1.807) is 0 Å². The minimum atomic E-state index is 0.533. The van der Waals surface area contributed by atoms with E-state index in [0.29, 0.717) is 12.6 Å². The van der Waals surface area contributed by atoms with Crippen LogP contribution in [0.4, 0.5) is 0 Å². The first-order valence-corrected chi connectivity index (χ1v) is 8.04. The fourth-order valence-corrected chi connectivity index (χ4v) is 3.02. The predicted molar refractivity (Wildman–Crippen MR) is 87.6 cm³/mol. The van der Waals surface area contributed by atoms with Crippen molar-refractivity contribution in [1.82, 2.24) is 9.80 Å². The summed E-state index contributed by atoms with van der Waals surface area (Å²) >= 11 is 0. The Bertz CT molecular complexity index is 424. The zero-order valence-electron chi connectivity index (χ0n) is 13.4. The minimum absolute atomic E-state index is 0.533. The Balaban J connectivity index is 1.74. The van der Waals surface area contributed by atoms with E-state index in [1.807, 2.05) is 24.3 Å². The highest BCUT2D eigenvalue weighted by molar-refractivity contribution is 5.32. The van der Waals surface area contributed by atoms with Crippen molar-refractivity contribution in [2.75, 3.05) is 39.8 Å². The van der Waals surface area contributed by atoms with E-state index in [0.717, 1.165) is 37.4 Å². The Hall–Kier alpha value is -1.10. The maximum atomic E-state index is 5.89. The molecule has 118 valence electrons. The molecule has 4 heteroatoms. The summed E-state index contributed by atoms with van der Waals surface area (Å²) in [6.45, 7) is 8.30. The summed E-state index contributed by atoms with van der Waals surface area (Å²) in [4.78, 5) is 5.01. The lowest BCUT2D eigenvalue weighted by Gasteiger charge is -2.27. The van der Waals surface area contributed by atoms with Crippen LogP contribution >= 0.6 is 0 Å². The second-order valence-electron chi connectivity index (χ2n) is 6.01. The highest BCUT2D eigenvalue weighted by atomic mass is 16.5. The molecule has 1 fully saturated rings. The quantitative estimate of drug-likeness (QED) is 0.813. The maximum absolute atomic E-state index is 5.89. The molecule has 1 unspecified atom stereocenters. The molecule has 4 nitrogen and oxygen atoms in total. The summed E-state index contributed by atoms with van der Waals surface area (Å²) in [5.41, 5.74) is 6.81. The molecule has 21 heavy (non-hydrogen) atoms. The third-order valence-corrected chi connectivity index (χ3v) is 4.22. The van der Waals surface area contributed by atoms with Gasteiger partial charge in [-0.3, -0.25) is 4.90 Å². The molecular weight excluding hydrogens is 262 g/mol. The summed E-state index contributed by atoms with van der Waals surface area (Å²) in [6, 6.07) is 8.67. The van der Waals surface area contributed by atoms with Gasteiger partial charge in [-0.25, -0.2) is 0 Å². The standard InChI is InChI=1S/C17H29N3O/c1-15-14-19(2)9-5-10-20(15)11-6-12-21-17-8-4-3-7-16(17)13-18/h3-4,7-8,15H,5-6,9-14,18H2,1-2H3. The average molecular weight is 291 g/mol. The molecule has 1 saturated heterocycles. The lowest BCUT2D eigenvalue weighted by Crippen LogP contribution is -2.38. The molecule has 1 atom stereocenters. The second kappa shape index (κ2) is 8.37. The normalized spacial score (nSPS) is 21.2. The number of hydrogen-bond donors (Lipinski definition) is 1. The average Bonchev–Trinajstić information content (AvgIpc) is 2.64. The van der Waals surface area contributed by atoms with Crippen molar-refractivity contribution >= 4 is 0 Å². The van der Waals surface area contributed by atoms with E-state index in [1.165, 1.54) is 19.5 Å². The molecule has 2 N–H and O–H groups in total. The molecule has 1 aliphatic rings. The summed E-state index contributed by atoms with van der Waals surface area (Å²) in [5.74, 6) is 0.934. The molecule has 1 aromatic carbocycles. The van der Waals surface area contributed by atoms with Crippen molar-refractivity contribution in [3.05, 3.63) is 29.8 Å². The molecule has 0 aliphatic carbocycles. The first-order chi connectivity index (χ1) is 10.2. The van der Waals surface area contributed by atoms with Gasteiger partial charge in [-0.05, 0) is 46.0 Å². The highest BCUT2D eigenvalue weighted by Crippen LogP contribution is 2.17. The third-order valence-electron chi connectivity index (χ3n) is 4.22. The van der Waals surface area contributed by atoms with Gasteiger partial charge in [0.2, 0.25) is 0 Å². The molecular formula is C17H29N3O. The van der Waals surface area contributed by atoms with Gasteiger partial charge in [0.1, 0.15) is 5.75 Å². The molecule has 0 aromatic heterocycles. The number of para-hydroxylation sites is 1. The van der Waals surface area contributed by atoms with Crippen LogP contribution in [0, 0.1) is 0 Å². The van der Waals surface area contributed by atoms with E-state index < -0.39 is 0 Å². The molecule has 1 heterocycles. The monoisotopic (exact) mass is 291 g/mol. The van der Waals surface area contributed by atoms with Gasteiger partial charge in [-0.2, -0.15) is 0 Å². The van der Waals surface area contributed by atoms with Crippen LogP contribution < -0.4 is 10.5 Å². The SMILES string of the molecule is CC1CN(C)CCCN1CCCOc1ccccc1CN. The van der Waals surface area contributed by atoms with Crippen molar-refractivity contribution in [3.8, 4) is 5.75 Å². The van der Waals surface area contributed by atoms with Gasteiger partial charge in [0.15, 0.2) is 0 Å². The van der Waals surface area contributed by atoms with Crippen molar-refractivity contribution in [2.45, 2.75) is 32.4 Å². The van der Waals surface area contributed by atoms with Gasteiger partial charge in [-0.15, -0.1) is 0 Å². The molecule has 0 amide bonds. The van der Waals surface area contributed by atoms with E-state index in [4.69, 9.17) is 10.5 Å². The summed E-state index contributed by atoms with van der Waals surface area (Å²) in [7, 11) is 2.22. The van der Waals surface area contributed by atoms with E-state index in [-0.39, 0.29) is 0 Å². The molecule has 0 bridgehead atoms. The van der Waals surface area contributed by atoms with Crippen LogP contribution in [0.5, 0.6) is 5.75 Å². The first-order valence-electron chi connectivity index (χ1n) is 8.04. The Morgan fingerprint density at radius 1 is 1.29 bits per heavy atom. The molecule has 0 saturated carbocycles. The Kier molecular flexibility index (Phi) is 6.49. The molecule has 1 aromatic rings. The fraction of sp³-hybridized carbons (Fsp3) is 0.647.